The Morgan fingerprint density at radius 3 is 2.61 bits per heavy atom. The van der Waals surface area contributed by atoms with E-state index in [1.165, 1.54) is 5.56 Å². The number of hydrogen-bond donors (Lipinski definition) is 0. The minimum Gasteiger partial charge on any atom is -0.444 e. The molecule has 1 fully saturated rings. The number of hydrogen-bond acceptors (Lipinski definition) is 6. The summed E-state index contributed by atoms with van der Waals surface area (Å²) in [5, 5.41) is 4.66. The summed E-state index contributed by atoms with van der Waals surface area (Å²) >= 11 is 0. The number of amides is 1. The molecule has 0 N–H and O–H groups in total. The zero-order valence-corrected chi connectivity index (χ0v) is 19.3. The molecule has 8 nitrogen and oxygen atoms in total. The molecule has 0 atom stereocenters. The van der Waals surface area contributed by atoms with Crippen LogP contribution in [0.1, 0.15) is 49.7 Å². The Morgan fingerprint density at radius 1 is 1.09 bits per heavy atom. The van der Waals surface area contributed by atoms with E-state index in [2.05, 4.69) is 26.8 Å². The molecule has 0 aromatic carbocycles. The smallest absolute Gasteiger partial charge is 0.410 e. The highest BCUT2D eigenvalue weighted by Crippen LogP contribution is 2.31. The summed E-state index contributed by atoms with van der Waals surface area (Å²) < 4.78 is 7.53. The summed E-state index contributed by atoms with van der Waals surface area (Å²) in [5.74, 6) is 7.40. The van der Waals surface area contributed by atoms with Crippen LogP contribution >= 0.6 is 0 Å². The first-order valence-electron chi connectivity index (χ1n) is 11.4. The molecule has 0 spiro atoms. The molecular weight excluding hydrogens is 416 g/mol. The molecule has 1 saturated heterocycles. The standard InChI is InChI=1S/C25H28N6O2/c1-25(2,3)33-24(32)30-15-10-20-21(11-16-30)28-22-18(8-9-19-7-4-5-12-26-19)17-27-31(22)23(20)29-13-6-14-29/h4-5,7,12,17H,6,10-11,13-16H2,1-3H3. The topological polar surface area (TPSA) is 75.9 Å². The van der Waals surface area contributed by atoms with E-state index in [9.17, 15) is 4.79 Å². The van der Waals surface area contributed by atoms with E-state index in [1.807, 2.05) is 43.5 Å². The largest absolute Gasteiger partial charge is 0.444 e. The number of rotatable bonds is 1. The van der Waals surface area contributed by atoms with Gasteiger partial charge in [0.1, 0.15) is 17.1 Å². The van der Waals surface area contributed by atoms with Gasteiger partial charge in [-0.3, -0.25) is 0 Å². The molecule has 3 aromatic rings. The maximum atomic E-state index is 12.7. The molecule has 0 aliphatic carbocycles. The van der Waals surface area contributed by atoms with E-state index in [-0.39, 0.29) is 6.09 Å². The van der Waals surface area contributed by atoms with Gasteiger partial charge in [0.15, 0.2) is 5.65 Å². The number of nitrogens with zero attached hydrogens (tertiary/aromatic N) is 6. The van der Waals surface area contributed by atoms with Crippen LogP contribution in [0, 0.1) is 11.8 Å². The van der Waals surface area contributed by atoms with Crippen molar-refractivity contribution in [3.8, 4) is 11.8 Å². The van der Waals surface area contributed by atoms with Crippen LogP contribution in [0.3, 0.4) is 0 Å². The molecule has 5 heterocycles. The van der Waals surface area contributed by atoms with Gasteiger partial charge in [-0.2, -0.15) is 9.61 Å². The van der Waals surface area contributed by atoms with Crippen molar-refractivity contribution >= 4 is 17.6 Å². The third kappa shape index (κ3) is 4.36. The van der Waals surface area contributed by atoms with Gasteiger partial charge in [-0.05, 0) is 51.7 Å². The average Bonchev–Trinajstić information content (AvgIpc) is 3.00. The van der Waals surface area contributed by atoms with Gasteiger partial charge in [0.25, 0.3) is 0 Å². The van der Waals surface area contributed by atoms with Crippen LogP contribution in [0.4, 0.5) is 10.6 Å². The van der Waals surface area contributed by atoms with Crippen LogP contribution in [0.5, 0.6) is 0 Å². The van der Waals surface area contributed by atoms with E-state index < -0.39 is 5.60 Å². The Hall–Kier alpha value is -3.60. The first-order valence-corrected chi connectivity index (χ1v) is 11.4. The highest BCUT2D eigenvalue weighted by atomic mass is 16.6. The molecule has 0 bridgehead atoms. The van der Waals surface area contributed by atoms with E-state index in [0.717, 1.165) is 48.7 Å². The number of anilines is 1. The minimum atomic E-state index is -0.515. The second kappa shape index (κ2) is 8.39. The van der Waals surface area contributed by atoms with Crippen LogP contribution in [-0.4, -0.2) is 62.4 Å². The third-order valence-corrected chi connectivity index (χ3v) is 5.85. The predicted octanol–water partition coefficient (Wildman–Crippen LogP) is 3.07. The third-order valence-electron chi connectivity index (χ3n) is 5.85. The van der Waals surface area contributed by atoms with Crippen molar-refractivity contribution in [1.29, 1.82) is 0 Å². The summed E-state index contributed by atoms with van der Waals surface area (Å²) in [6.45, 7) is 8.85. The van der Waals surface area contributed by atoms with Gasteiger partial charge in [-0.15, -0.1) is 0 Å². The first-order chi connectivity index (χ1) is 15.9. The zero-order valence-electron chi connectivity index (χ0n) is 19.3. The Morgan fingerprint density at radius 2 is 1.91 bits per heavy atom. The predicted molar refractivity (Wildman–Crippen MR) is 125 cm³/mol. The van der Waals surface area contributed by atoms with Gasteiger partial charge >= 0.3 is 6.09 Å². The van der Waals surface area contributed by atoms with Crippen molar-refractivity contribution < 1.29 is 9.53 Å². The molecule has 33 heavy (non-hydrogen) atoms. The van der Waals surface area contributed by atoms with Crippen LogP contribution in [0.2, 0.25) is 0 Å². The first kappa shape index (κ1) is 21.3. The summed E-state index contributed by atoms with van der Waals surface area (Å²) in [6, 6.07) is 5.68. The molecule has 170 valence electrons. The van der Waals surface area contributed by atoms with Gasteiger partial charge in [0.05, 0.1) is 17.5 Å². The Bertz CT molecular complexity index is 1250. The SMILES string of the molecule is CC(C)(C)OC(=O)N1CCc2nc3c(C#Cc4ccccn4)cnn3c(N3CCC3)c2CC1. The Balaban J connectivity index is 1.51. The Labute approximate surface area is 193 Å². The molecule has 0 radical (unpaired) electrons. The quantitative estimate of drug-likeness (QED) is 0.537. The van der Waals surface area contributed by atoms with Gasteiger partial charge in [0, 0.05) is 44.4 Å². The maximum Gasteiger partial charge on any atom is 0.410 e. The van der Waals surface area contributed by atoms with Gasteiger partial charge in [-0.1, -0.05) is 12.0 Å². The Kier molecular flexibility index (Phi) is 5.41. The monoisotopic (exact) mass is 444 g/mol. The van der Waals surface area contributed by atoms with E-state index >= 15 is 0 Å². The number of carbonyl (C=O) groups excluding carboxylic acids is 1. The lowest BCUT2D eigenvalue weighted by Gasteiger charge is -2.35. The molecule has 3 aromatic heterocycles. The fourth-order valence-electron chi connectivity index (χ4n) is 4.14. The van der Waals surface area contributed by atoms with Gasteiger partial charge in [-0.25, -0.2) is 14.8 Å². The second-order valence-corrected chi connectivity index (χ2v) is 9.43. The van der Waals surface area contributed by atoms with Crippen LogP contribution in [-0.2, 0) is 17.6 Å². The summed E-state index contributed by atoms with van der Waals surface area (Å²) in [4.78, 5) is 26.1. The zero-order chi connectivity index (χ0) is 23.0. The summed E-state index contributed by atoms with van der Waals surface area (Å²) in [7, 11) is 0. The highest BCUT2D eigenvalue weighted by Gasteiger charge is 2.30. The molecule has 0 unspecified atom stereocenters. The lowest BCUT2D eigenvalue weighted by molar-refractivity contribution is 0.0258. The molecule has 0 saturated carbocycles. The second-order valence-electron chi connectivity index (χ2n) is 9.43. The molecule has 1 amide bonds. The molecule has 2 aliphatic rings. The maximum absolute atomic E-state index is 12.7. The summed E-state index contributed by atoms with van der Waals surface area (Å²) in [6.07, 6.45) is 5.80. The van der Waals surface area contributed by atoms with E-state index in [0.29, 0.717) is 25.2 Å². The van der Waals surface area contributed by atoms with Crippen molar-refractivity contribution in [2.75, 3.05) is 31.1 Å². The summed E-state index contributed by atoms with van der Waals surface area (Å²) in [5.41, 5.74) is 3.90. The fourth-order valence-corrected chi connectivity index (χ4v) is 4.14. The fraction of sp³-hybridized carbons (Fsp3) is 0.440. The van der Waals surface area contributed by atoms with Gasteiger partial charge < -0.3 is 14.5 Å². The molecule has 2 aliphatic heterocycles. The molecule has 5 rings (SSSR count). The van der Waals surface area contributed by atoms with Crippen molar-refractivity contribution in [3.63, 3.8) is 0 Å². The van der Waals surface area contributed by atoms with Crippen LogP contribution in [0.15, 0.2) is 30.6 Å². The van der Waals surface area contributed by atoms with Crippen molar-refractivity contribution in [1.82, 2.24) is 24.5 Å². The van der Waals surface area contributed by atoms with E-state index in [4.69, 9.17) is 9.72 Å². The van der Waals surface area contributed by atoms with Crippen molar-refractivity contribution in [2.24, 2.45) is 0 Å². The number of pyridine rings is 1. The van der Waals surface area contributed by atoms with Crippen LogP contribution in [0.25, 0.3) is 5.65 Å². The minimum absolute atomic E-state index is 0.271. The molecular formula is C25H28N6O2. The number of fused-ring (bicyclic) bond motifs is 2. The van der Waals surface area contributed by atoms with Gasteiger partial charge in [0.2, 0.25) is 0 Å². The lowest BCUT2D eigenvalue weighted by atomic mass is 10.1. The highest BCUT2D eigenvalue weighted by molar-refractivity contribution is 5.69. The lowest BCUT2D eigenvalue weighted by Crippen LogP contribution is -2.40. The van der Waals surface area contributed by atoms with Crippen molar-refractivity contribution in [3.05, 3.63) is 53.1 Å². The van der Waals surface area contributed by atoms with Crippen molar-refractivity contribution in [2.45, 2.75) is 45.6 Å². The number of carbonyl (C=O) groups is 1. The number of aromatic nitrogens is 4. The normalized spacial score (nSPS) is 15.8. The average molecular weight is 445 g/mol. The molecule has 8 heteroatoms. The van der Waals surface area contributed by atoms with Crippen LogP contribution < -0.4 is 4.90 Å². The van der Waals surface area contributed by atoms with E-state index in [1.54, 1.807) is 17.3 Å². The number of ether oxygens (including phenoxy) is 1.